The lowest BCUT2D eigenvalue weighted by Gasteiger charge is -2.17. The molecule has 1 aliphatic rings. The third-order valence-electron chi connectivity index (χ3n) is 4.08. The highest BCUT2D eigenvalue weighted by Crippen LogP contribution is 2.27. The van der Waals surface area contributed by atoms with Crippen molar-refractivity contribution >= 4 is 45.0 Å². The third-order valence-corrected chi connectivity index (χ3v) is 4.61. The van der Waals surface area contributed by atoms with Crippen LogP contribution in [0.4, 0.5) is 11.4 Å². The molecule has 1 heterocycles. The largest absolute Gasteiger partial charge is 0.366 e. The molecule has 128 valence electrons. The summed E-state index contributed by atoms with van der Waals surface area (Å²) in [5.41, 5.74) is 6.67. The van der Waals surface area contributed by atoms with Crippen molar-refractivity contribution in [2.75, 3.05) is 16.8 Å². The predicted molar refractivity (Wildman–Crippen MR) is 98.2 cm³/mol. The van der Waals surface area contributed by atoms with Crippen molar-refractivity contribution in [3.05, 3.63) is 58.6 Å². The van der Waals surface area contributed by atoms with Gasteiger partial charge in [-0.15, -0.1) is 0 Å². The van der Waals surface area contributed by atoms with Gasteiger partial charge in [0, 0.05) is 23.1 Å². The summed E-state index contributed by atoms with van der Waals surface area (Å²) >= 11 is 3.35. The van der Waals surface area contributed by atoms with Crippen molar-refractivity contribution in [1.82, 2.24) is 0 Å². The average Bonchev–Trinajstić information content (AvgIpc) is 2.98. The fourth-order valence-corrected chi connectivity index (χ4v) is 3.06. The van der Waals surface area contributed by atoms with Gasteiger partial charge in [-0.2, -0.15) is 0 Å². The lowest BCUT2D eigenvalue weighted by atomic mass is 10.1. The second kappa shape index (κ2) is 7.06. The number of amides is 3. The van der Waals surface area contributed by atoms with E-state index in [0.29, 0.717) is 12.2 Å². The molecule has 6 nitrogen and oxygen atoms in total. The first kappa shape index (κ1) is 17.2. The van der Waals surface area contributed by atoms with Crippen molar-refractivity contribution < 1.29 is 14.4 Å². The summed E-state index contributed by atoms with van der Waals surface area (Å²) in [6.07, 6.45) is 0.126. The normalized spacial score (nSPS) is 16.8. The molecule has 2 aromatic rings. The van der Waals surface area contributed by atoms with Crippen LogP contribution in [-0.2, 0) is 9.59 Å². The number of hydrogen-bond acceptors (Lipinski definition) is 3. The van der Waals surface area contributed by atoms with Gasteiger partial charge in [0.25, 0.3) is 5.91 Å². The number of rotatable bonds is 4. The van der Waals surface area contributed by atoms with Crippen molar-refractivity contribution in [2.45, 2.75) is 6.42 Å². The average molecular weight is 402 g/mol. The first-order valence-electron chi connectivity index (χ1n) is 7.71. The van der Waals surface area contributed by atoms with Gasteiger partial charge in [0.05, 0.1) is 17.2 Å². The van der Waals surface area contributed by atoms with Gasteiger partial charge >= 0.3 is 0 Å². The molecule has 2 aromatic carbocycles. The van der Waals surface area contributed by atoms with E-state index in [2.05, 4.69) is 21.2 Å². The zero-order chi connectivity index (χ0) is 18.0. The molecule has 1 aliphatic heterocycles. The highest BCUT2D eigenvalue weighted by atomic mass is 79.9. The predicted octanol–water partition coefficient (Wildman–Crippen LogP) is 2.54. The summed E-state index contributed by atoms with van der Waals surface area (Å²) in [7, 11) is 0. The van der Waals surface area contributed by atoms with Crippen LogP contribution in [0.15, 0.2) is 53.0 Å². The van der Waals surface area contributed by atoms with Crippen LogP contribution in [0, 0.1) is 5.92 Å². The molecule has 0 spiro atoms. The van der Waals surface area contributed by atoms with E-state index >= 15 is 0 Å². The van der Waals surface area contributed by atoms with Crippen LogP contribution in [0.25, 0.3) is 0 Å². The molecule has 0 bridgehead atoms. The zero-order valence-electron chi connectivity index (χ0n) is 13.2. The van der Waals surface area contributed by atoms with Crippen molar-refractivity contribution in [3.63, 3.8) is 0 Å². The summed E-state index contributed by atoms with van der Waals surface area (Å²) < 4.78 is 0.917. The number of nitrogens with zero attached hydrogens (tertiary/aromatic N) is 1. The second-order valence-electron chi connectivity index (χ2n) is 5.78. The minimum atomic E-state index is -0.616. The molecule has 0 saturated carbocycles. The number of anilines is 2. The Morgan fingerprint density at radius 2 is 1.80 bits per heavy atom. The van der Waals surface area contributed by atoms with Crippen molar-refractivity contribution in [3.8, 4) is 0 Å². The minimum Gasteiger partial charge on any atom is -0.366 e. The van der Waals surface area contributed by atoms with Gasteiger partial charge in [0.1, 0.15) is 0 Å². The van der Waals surface area contributed by atoms with Crippen molar-refractivity contribution in [1.29, 1.82) is 0 Å². The van der Waals surface area contributed by atoms with E-state index in [1.54, 1.807) is 29.2 Å². The summed E-state index contributed by atoms with van der Waals surface area (Å²) in [5, 5.41) is 2.71. The van der Waals surface area contributed by atoms with E-state index < -0.39 is 11.8 Å². The van der Waals surface area contributed by atoms with E-state index in [1.807, 2.05) is 24.3 Å². The topological polar surface area (TPSA) is 92.5 Å². The van der Waals surface area contributed by atoms with Gasteiger partial charge in [0.2, 0.25) is 11.8 Å². The number of carbonyl (C=O) groups excluding carboxylic acids is 3. The number of nitrogens with one attached hydrogen (secondary N) is 1. The Balaban J connectivity index is 1.73. The van der Waals surface area contributed by atoms with Crippen LogP contribution in [-0.4, -0.2) is 24.3 Å². The highest BCUT2D eigenvalue weighted by molar-refractivity contribution is 9.10. The Kier molecular flexibility index (Phi) is 4.85. The molecular weight excluding hydrogens is 386 g/mol. The number of carbonyl (C=O) groups is 3. The molecule has 0 aromatic heterocycles. The molecule has 25 heavy (non-hydrogen) atoms. The number of benzene rings is 2. The first-order chi connectivity index (χ1) is 12.0. The Morgan fingerprint density at radius 1 is 1.12 bits per heavy atom. The Bertz CT molecular complexity index is 836. The second-order valence-corrected chi connectivity index (χ2v) is 6.70. The summed E-state index contributed by atoms with van der Waals surface area (Å²) in [6.45, 7) is 0.297. The van der Waals surface area contributed by atoms with Crippen LogP contribution in [0.2, 0.25) is 0 Å². The summed E-state index contributed by atoms with van der Waals surface area (Å²) in [4.78, 5) is 37.8. The number of para-hydroxylation sites is 1. The molecule has 7 heteroatoms. The maximum Gasteiger partial charge on any atom is 0.250 e. The summed E-state index contributed by atoms with van der Waals surface area (Å²) in [6, 6.07) is 13.9. The fourth-order valence-electron chi connectivity index (χ4n) is 2.80. The van der Waals surface area contributed by atoms with E-state index in [4.69, 9.17) is 5.73 Å². The maximum absolute atomic E-state index is 12.5. The molecule has 3 N–H and O–H groups in total. The standard InChI is InChI=1S/C18H16BrN3O3/c19-12-5-7-13(8-6-12)22-10-11(9-16(22)23)18(25)21-15-4-2-1-3-14(15)17(20)24/h1-8,11H,9-10H2,(H2,20,24)(H,21,25). The number of primary amides is 1. The lowest BCUT2D eigenvalue weighted by Crippen LogP contribution is -2.28. The first-order valence-corrected chi connectivity index (χ1v) is 8.50. The Morgan fingerprint density at radius 3 is 2.48 bits per heavy atom. The quantitative estimate of drug-likeness (QED) is 0.823. The zero-order valence-corrected chi connectivity index (χ0v) is 14.8. The molecule has 0 radical (unpaired) electrons. The van der Waals surface area contributed by atoms with Gasteiger partial charge in [-0.25, -0.2) is 0 Å². The van der Waals surface area contributed by atoms with Crippen LogP contribution in [0.5, 0.6) is 0 Å². The maximum atomic E-state index is 12.5. The molecule has 1 atom stereocenters. The van der Waals surface area contributed by atoms with Crippen LogP contribution >= 0.6 is 15.9 Å². The number of hydrogen-bond donors (Lipinski definition) is 2. The van der Waals surface area contributed by atoms with E-state index in [0.717, 1.165) is 10.2 Å². The van der Waals surface area contributed by atoms with Crippen LogP contribution in [0.1, 0.15) is 16.8 Å². The van der Waals surface area contributed by atoms with Gasteiger partial charge in [-0.05, 0) is 36.4 Å². The van der Waals surface area contributed by atoms with E-state index in [9.17, 15) is 14.4 Å². The Hall–Kier alpha value is -2.67. The molecular formula is C18H16BrN3O3. The highest BCUT2D eigenvalue weighted by Gasteiger charge is 2.35. The summed E-state index contributed by atoms with van der Waals surface area (Å²) in [5.74, 6) is -1.51. The molecule has 1 unspecified atom stereocenters. The molecule has 1 saturated heterocycles. The Labute approximate surface area is 153 Å². The van der Waals surface area contributed by atoms with Gasteiger partial charge in [-0.3, -0.25) is 14.4 Å². The SMILES string of the molecule is NC(=O)c1ccccc1NC(=O)C1CC(=O)N(c2ccc(Br)cc2)C1. The fraction of sp³-hybridized carbons (Fsp3) is 0.167. The van der Waals surface area contributed by atoms with Gasteiger partial charge in [-0.1, -0.05) is 28.1 Å². The van der Waals surface area contributed by atoms with Crippen LogP contribution in [0.3, 0.4) is 0 Å². The molecule has 1 fully saturated rings. The van der Waals surface area contributed by atoms with Gasteiger partial charge < -0.3 is 16.0 Å². The van der Waals surface area contributed by atoms with Gasteiger partial charge in [0.15, 0.2) is 0 Å². The number of halogens is 1. The minimum absolute atomic E-state index is 0.106. The van der Waals surface area contributed by atoms with Crippen molar-refractivity contribution in [2.24, 2.45) is 11.7 Å². The smallest absolute Gasteiger partial charge is 0.250 e. The lowest BCUT2D eigenvalue weighted by molar-refractivity contribution is -0.122. The number of nitrogens with two attached hydrogens (primary N) is 1. The molecule has 0 aliphatic carbocycles. The monoisotopic (exact) mass is 401 g/mol. The molecule has 3 amide bonds. The van der Waals surface area contributed by atoms with E-state index in [1.165, 1.54) is 0 Å². The molecule has 3 rings (SSSR count). The van der Waals surface area contributed by atoms with E-state index in [-0.39, 0.29) is 23.8 Å². The third kappa shape index (κ3) is 3.71. The van der Waals surface area contributed by atoms with Crippen LogP contribution < -0.4 is 16.0 Å².